The number of benzene rings is 4. The summed E-state index contributed by atoms with van der Waals surface area (Å²) in [6.45, 7) is 18.4. The van der Waals surface area contributed by atoms with Crippen molar-refractivity contribution in [2.24, 2.45) is 11.3 Å². The first-order valence-electron chi connectivity index (χ1n) is 18.1. The second-order valence-electron chi connectivity index (χ2n) is 16.9. The Hall–Kier alpha value is -3.55. The first kappa shape index (κ1) is 33.6. The Morgan fingerprint density at radius 2 is 1.22 bits per heavy atom. The fourth-order valence-electron chi connectivity index (χ4n) is 8.79. The molecule has 0 aromatic heterocycles. The summed E-state index contributed by atoms with van der Waals surface area (Å²) in [4.78, 5) is 0. The van der Waals surface area contributed by atoms with Crippen molar-refractivity contribution in [3.63, 3.8) is 0 Å². The van der Waals surface area contributed by atoms with Crippen molar-refractivity contribution in [1.29, 1.82) is 0 Å². The van der Waals surface area contributed by atoms with Gasteiger partial charge in [0.05, 0.1) is 0 Å². The fraction of sp³-hybridized carbons (Fsp3) is 0.298. The maximum absolute atomic E-state index is 15.3. The third kappa shape index (κ3) is 5.42. The van der Waals surface area contributed by atoms with Crippen molar-refractivity contribution >= 4 is 15.4 Å². The Kier molecular flexibility index (Phi) is 7.89. The van der Waals surface area contributed by atoms with E-state index in [0.717, 1.165) is 17.5 Å². The molecule has 0 fully saturated rings. The van der Waals surface area contributed by atoms with Gasteiger partial charge in [0.2, 0.25) is 0 Å². The molecule has 0 spiro atoms. The number of hydrogen-bond donors (Lipinski definition) is 0. The van der Waals surface area contributed by atoms with Gasteiger partial charge in [-0.05, 0) is 0 Å². The summed E-state index contributed by atoms with van der Waals surface area (Å²) in [6.07, 6.45) is 15.3. The molecule has 4 aromatic rings. The van der Waals surface area contributed by atoms with Crippen molar-refractivity contribution in [2.45, 2.75) is 76.3 Å². The second kappa shape index (κ2) is 11.7. The summed E-state index contributed by atoms with van der Waals surface area (Å²) in [5, 5.41) is 0. The topological polar surface area (TPSA) is 0 Å². The average molecular weight is 740 g/mol. The molecule has 50 heavy (non-hydrogen) atoms. The van der Waals surface area contributed by atoms with Crippen molar-refractivity contribution in [1.82, 2.24) is 0 Å². The van der Waals surface area contributed by atoms with Crippen molar-refractivity contribution < 1.29 is 30.0 Å². The number of hydrogen-bond acceptors (Lipinski definition) is 0. The van der Waals surface area contributed by atoms with E-state index in [1.54, 1.807) is 12.1 Å². The minimum absolute atomic E-state index is 0.0141. The summed E-state index contributed by atoms with van der Waals surface area (Å²) in [7, 11) is 0. The molecule has 4 aliphatic rings. The van der Waals surface area contributed by atoms with Crippen LogP contribution in [-0.2, 0) is 32.1 Å². The van der Waals surface area contributed by atoms with Crippen LogP contribution in [0, 0.1) is 23.0 Å². The second-order valence-corrected chi connectivity index (χ2v) is 23.0. The van der Waals surface area contributed by atoms with Gasteiger partial charge in [0.15, 0.2) is 0 Å². The molecule has 4 aromatic carbocycles. The average Bonchev–Trinajstić information content (AvgIpc) is 3.79. The van der Waals surface area contributed by atoms with E-state index in [4.69, 9.17) is 0 Å². The van der Waals surface area contributed by atoms with Gasteiger partial charge in [-0.2, -0.15) is 0 Å². The summed E-state index contributed by atoms with van der Waals surface area (Å²) < 4.78 is 33.5. The molecule has 0 amide bonds. The molecule has 3 heteroatoms. The van der Waals surface area contributed by atoms with Crippen LogP contribution in [0.25, 0.3) is 23.3 Å². The van der Waals surface area contributed by atoms with E-state index in [1.165, 1.54) is 68.7 Å². The van der Waals surface area contributed by atoms with E-state index in [1.807, 2.05) is 12.1 Å². The van der Waals surface area contributed by atoms with Crippen LogP contribution in [0.3, 0.4) is 0 Å². The molecule has 0 heterocycles. The summed E-state index contributed by atoms with van der Waals surface area (Å²) in [6, 6.07) is 24.1. The summed E-state index contributed by atoms with van der Waals surface area (Å²) in [5.41, 5.74) is 13.7. The van der Waals surface area contributed by atoms with E-state index in [0.29, 0.717) is 0 Å². The maximum atomic E-state index is 15.3. The molecule has 0 saturated carbocycles. The van der Waals surface area contributed by atoms with Crippen LogP contribution in [0.2, 0.25) is 0 Å². The molecule has 0 radical (unpaired) electrons. The van der Waals surface area contributed by atoms with Crippen LogP contribution >= 0.6 is 0 Å². The fourth-order valence-corrected chi connectivity index (χ4v) is 18.5. The van der Waals surface area contributed by atoms with E-state index in [9.17, 15) is 0 Å². The molecule has 0 saturated heterocycles. The Morgan fingerprint density at radius 1 is 0.720 bits per heavy atom. The van der Waals surface area contributed by atoms with E-state index in [2.05, 4.69) is 128 Å². The number of rotatable bonds is 5. The molecule has 0 aliphatic heterocycles. The van der Waals surface area contributed by atoms with Crippen LogP contribution in [0.4, 0.5) is 8.78 Å². The third-order valence-corrected chi connectivity index (χ3v) is 20.1. The quantitative estimate of drug-likeness (QED) is 0.191. The van der Waals surface area contributed by atoms with Gasteiger partial charge in [-0.15, -0.1) is 0 Å². The third-order valence-electron chi connectivity index (χ3n) is 11.6. The van der Waals surface area contributed by atoms with Gasteiger partial charge in [0, 0.05) is 0 Å². The van der Waals surface area contributed by atoms with Gasteiger partial charge in [-0.25, -0.2) is 0 Å². The van der Waals surface area contributed by atoms with E-state index >= 15 is 8.78 Å². The number of halogens is 2. The Morgan fingerprint density at radius 3 is 1.66 bits per heavy atom. The van der Waals surface area contributed by atoms with Gasteiger partial charge >= 0.3 is 306 Å². The van der Waals surface area contributed by atoms with Crippen molar-refractivity contribution in [3.05, 3.63) is 162 Å². The van der Waals surface area contributed by atoms with E-state index in [-0.39, 0.29) is 37.4 Å². The normalized spacial score (nSPS) is 19.2. The summed E-state index contributed by atoms with van der Waals surface area (Å²) in [5.74, 6) is -0.240. The molecular weight excluding hydrogens is 694 g/mol. The van der Waals surface area contributed by atoms with Gasteiger partial charge in [-0.1, -0.05) is 0 Å². The van der Waals surface area contributed by atoms with Crippen molar-refractivity contribution in [3.8, 4) is 11.1 Å². The molecule has 0 bridgehead atoms. The van der Waals surface area contributed by atoms with Gasteiger partial charge in [0.1, 0.15) is 0 Å². The molecule has 0 N–H and O–H groups in total. The van der Waals surface area contributed by atoms with Crippen LogP contribution in [-0.4, -0.2) is 3.21 Å². The van der Waals surface area contributed by atoms with Gasteiger partial charge in [0.25, 0.3) is 0 Å². The zero-order chi connectivity index (χ0) is 35.3. The zero-order valence-electron chi connectivity index (χ0n) is 30.5. The Bertz CT molecular complexity index is 2140. The molecule has 252 valence electrons. The van der Waals surface area contributed by atoms with Crippen LogP contribution in [0.5, 0.6) is 0 Å². The van der Waals surface area contributed by atoms with Crippen LogP contribution in [0.1, 0.15) is 110 Å². The number of allylic oxidation sites excluding steroid dienone is 6. The van der Waals surface area contributed by atoms with Gasteiger partial charge in [-0.3, -0.25) is 0 Å². The molecule has 1 unspecified atom stereocenters. The summed E-state index contributed by atoms with van der Waals surface area (Å²) >= 11 is -3.31. The number of fused-ring (bicyclic) bond motifs is 5. The predicted molar refractivity (Wildman–Crippen MR) is 203 cm³/mol. The molecular formula is C47H46F2Zr. The molecule has 1 atom stereocenters. The van der Waals surface area contributed by atoms with Gasteiger partial charge < -0.3 is 0 Å². The standard InChI is InChI=1S/C23H21.C13H8F2.C11H17.Zr/c1-22(2)7-5-14-10-18-16(12-20(14)22)9-17-13-21-15(11-19(17)18)6-8-23(21,3)4;14-12-5-1-3-10(8-12)7-11-4-2-6-13(15)9-11;1-5-9-6-7-10(8-9)11(2,3)4;/h5-13H,1-4H3;1-6,8-9H;7-9H,5H2,1-4H3;. The Balaban J connectivity index is 1.54. The molecule has 0 nitrogen and oxygen atoms in total. The first-order chi connectivity index (χ1) is 23.7. The predicted octanol–water partition coefficient (Wildman–Crippen LogP) is 12.4. The zero-order valence-corrected chi connectivity index (χ0v) is 33.0. The van der Waals surface area contributed by atoms with Crippen molar-refractivity contribution in [2.75, 3.05) is 0 Å². The van der Waals surface area contributed by atoms with Crippen LogP contribution < -0.4 is 0 Å². The molecule has 8 rings (SSSR count). The molecule has 4 aliphatic carbocycles. The monoisotopic (exact) mass is 738 g/mol. The van der Waals surface area contributed by atoms with Crippen LogP contribution in [0.15, 0.2) is 106 Å². The minimum atomic E-state index is -3.31. The van der Waals surface area contributed by atoms with E-state index < -0.39 is 21.3 Å². The first-order valence-corrected chi connectivity index (χ1v) is 22.0. The SMILES string of the molecule is CCC1C=C(C(C)(C)C)C=[C]1[Zr](=[C](c1cccc(F)c1)c1cccc(F)c1)[CH]1c2cc3c(cc2-c2cc4c(cc21)C(C)(C)C=C4)C=CC3(C)C. The Labute approximate surface area is 304 Å².